The Morgan fingerprint density at radius 1 is 1.35 bits per heavy atom. The number of β-amino-alcohol motifs (C(OH)–C–C–N with tert-alkyl or cyclic N) is 1. The lowest BCUT2D eigenvalue weighted by Crippen LogP contribution is -2.57. The van der Waals surface area contributed by atoms with Crippen LogP contribution in [0.4, 0.5) is 0 Å². The third kappa shape index (κ3) is 3.70. The van der Waals surface area contributed by atoms with Gasteiger partial charge in [0, 0.05) is 19.4 Å². The number of ether oxygens (including phenoxy) is 1. The second-order valence-corrected chi connectivity index (χ2v) is 9.39. The summed E-state index contributed by atoms with van der Waals surface area (Å²) in [5, 5.41) is 17.3. The van der Waals surface area contributed by atoms with Gasteiger partial charge in [0.1, 0.15) is 0 Å². The molecule has 5 rings (SSSR count). The first-order valence-electron chi connectivity index (χ1n) is 11.1. The molecule has 1 saturated heterocycles. The molecule has 2 aromatic rings. The fourth-order valence-corrected chi connectivity index (χ4v) is 5.18. The van der Waals surface area contributed by atoms with Crippen LogP contribution in [0, 0.1) is 23.2 Å². The standard InChI is InChI=1S/C22H29N5O4/c1-31-21(30)22(9-15(28)10-24-20(22)29)8-14-6-7-17-25-16(11-27(17)26-14)19(23)18(12-2-3-12)13-4-5-13/h6-7,11-13,15,18-19,28H,2-5,8-10,23H2,1H3,(H,24,29). The molecule has 31 heavy (non-hydrogen) atoms. The van der Waals surface area contributed by atoms with Gasteiger partial charge in [-0.2, -0.15) is 5.10 Å². The topological polar surface area (TPSA) is 132 Å². The Morgan fingerprint density at radius 2 is 2.06 bits per heavy atom. The number of nitrogens with two attached hydrogens (primary N) is 1. The highest BCUT2D eigenvalue weighted by atomic mass is 16.5. The van der Waals surface area contributed by atoms with E-state index < -0.39 is 23.4 Å². The van der Waals surface area contributed by atoms with E-state index in [0.29, 0.717) is 29.1 Å². The number of amides is 1. The molecule has 0 spiro atoms. The number of carbonyl (C=O) groups excluding carboxylic acids is 2. The number of aliphatic hydroxyl groups is 1. The smallest absolute Gasteiger partial charge is 0.321 e. The van der Waals surface area contributed by atoms with E-state index in [1.165, 1.54) is 32.8 Å². The van der Waals surface area contributed by atoms with Crippen LogP contribution in [-0.4, -0.2) is 51.3 Å². The van der Waals surface area contributed by atoms with E-state index in [-0.39, 0.29) is 25.4 Å². The van der Waals surface area contributed by atoms with Crippen molar-refractivity contribution in [2.45, 2.75) is 50.7 Å². The van der Waals surface area contributed by atoms with Gasteiger partial charge in [-0.3, -0.25) is 9.59 Å². The molecular weight excluding hydrogens is 398 g/mol. The fraction of sp³-hybridized carbons (Fsp3) is 0.636. The van der Waals surface area contributed by atoms with Crippen molar-refractivity contribution >= 4 is 17.5 Å². The number of fused-ring (bicyclic) bond motifs is 1. The lowest BCUT2D eigenvalue weighted by atomic mass is 9.75. The molecule has 3 aliphatic rings. The molecule has 1 amide bonds. The van der Waals surface area contributed by atoms with Crippen LogP contribution >= 0.6 is 0 Å². The molecule has 2 aliphatic carbocycles. The lowest BCUT2D eigenvalue weighted by molar-refractivity contribution is -0.164. The molecule has 3 unspecified atom stereocenters. The summed E-state index contributed by atoms with van der Waals surface area (Å²) in [6, 6.07) is 3.48. The fourth-order valence-electron chi connectivity index (χ4n) is 5.18. The van der Waals surface area contributed by atoms with E-state index in [2.05, 4.69) is 10.4 Å². The van der Waals surface area contributed by atoms with Crippen molar-refractivity contribution in [2.75, 3.05) is 13.7 Å². The highest BCUT2D eigenvalue weighted by molar-refractivity contribution is 6.03. The van der Waals surface area contributed by atoms with Gasteiger partial charge >= 0.3 is 5.97 Å². The summed E-state index contributed by atoms with van der Waals surface area (Å²) in [4.78, 5) is 29.9. The van der Waals surface area contributed by atoms with Gasteiger partial charge in [0.15, 0.2) is 11.1 Å². The Bertz CT molecular complexity index is 992. The van der Waals surface area contributed by atoms with Crippen molar-refractivity contribution in [3.63, 3.8) is 0 Å². The normalized spacial score (nSPS) is 27.4. The molecule has 3 heterocycles. The van der Waals surface area contributed by atoms with Gasteiger partial charge in [-0.05, 0) is 55.6 Å². The summed E-state index contributed by atoms with van der Waals surface area (Å²) >= 11 is 0. The summed E-state index contributed by atoms with van der Waals surface area (Å²) in [6.07, 6.45) is 6.10. The van der Waals surface area contributed by atoms with Crippen molar-refractivity contribution in [3.8, 4) is 0 Å². The van der Waals surface area contributed by atoms with Gasteiger partial charge in [0.2, 0.25) is 5.91 Å². The third-order valence-corrected chi connectivity index (χ3v) is 7.06. The molecule has 166 valence electrons. The van der Waals surface area contributed by atoms with E-state index in [9.17, 15) is 14.7 Å². The maximum Gasteiger partial charge on any atom is 0.321 e. The van der Waals surface area contributed by atoms with Crippen molar-refractivity contribution in [1.29, 1.82) is 0 Å². The number of hydrogen-bond acceptors (Lipinski definition) is 7. The molecule has 1 aliphatic heterocycles. The Balaban J connectivity index is 1.43. The van der Waals surface area contributed by atoms with Crippen LogP contribution in [0.2, 0.25) is 0 Å². The number of imidazole rings is 1. The quantitative estimate of drug-likeness (QED) is 0.439. The van der Waals surface area contributed by atoms with Crippen molar-refractivity contribution in [2.24, 2.45) is 28.9 Å². The van der Waals surface area contributed by atoms with Gasteiger partial charge in [0.05, 0.1) is 36.8 Å². The number of rotatable bonds is 7. The van der Waals surface area contributed by atoms with E-state index in [0.717, 1.165) is 5.69 Å². The number of methoxy groups -OCH3 is 1. The van der Waals surface area contributed by atoms with Gasteiger partial charge in [-0.25, -0.2) is 9.50 Å². The van der Waals surface area contributed by atoms with Crippen molar-refractivity contribution < 1.29 is 19.4 Å². The Morgan fingerprint density at radius 3 is 2.71 bits per heavy atom. The summed E-state index contributed by atoms with van der Waals surface area (Å²) in [6.45, 7) is 0.121. The molecular formula is C22H29N5O4. The first kappa shape index (κ1) is 20.4. The summed E-state index contributed by atoms with van der Waals surface area (Å²) < 4.78 is 6.59. The second-order valence-electron chi connectivity index (χ2n) is 9.39. The predicted molar refractivity (Wildman–Crippen MR) is 111 cm³/mol. The summed E-state index contributed by atoms with van der Waals surface area (Å²) in [5.41, 5.74) is 7.19. The summed E-state index contributed by atoms with van der Waals surface area (Å²) in [5.74, 6) is 0.797. The first-order valence-corrected chi connectivity index (χ1v) is 11.1. The van der Waals surface area contributed by atoms with Crippen molar-refractivity contribution in [1.82, 2.24) is 19.9 Å². The van der Waals surface area contributed by atoms with E-state index in [4.69, 9.17) is 15.5 Å². The average molecular weight is 428 g/mol. The molecule has 2 aromatic heterocycles. The molecule has 3 fully saturated rings. The zero-order valence-corrected chi connectivity index (χ0v) is 17.7. The van der Waals surface area contributed by atoms with Crippen LogP contribution in [0.1, 0.15) is 49.5 Å². The number of nitrogens with one attached hydrogen (secondary N) is 1. The maximum absolute atomic E-state index is 12.7. The SMILES string of the molecule is COC(=O)C1(Cc2ccc3nc(C(N)C(C4CC4)C4CC4)cn3n2)CC(O)CNC1=O. The largest absolute Gasteiger partial charge is 0.468 e. The number of nitrogens with zero attached hydrogens (tertiary/aromatic N) is 3. The van der Waals surface area contributed by atoms with Crippen LogP contribution in [0.5, 0.6) is 0 Å². The minimum Gasteiger partial charge on any atom is -0.468 e. The Labute approximate surface area is 180 Å². The molecule has 0 radical (unpaired) electrons. The predicted octanol–water partition coefficient (Wildman–Crippen LogP) is 0.748. The molecule has 9 heteroatoms. The minimum absolute atomic E-state index is 0.00423. The van der Waals surface area contributed by atoms with Crippen LogP contribution in [0.3, 0.4) is 0 Å². The van der Waals surface area contributed by atoms with Gasteiger partial charge in [0.25, 0.3) is 0 Å². The maximum atomic E-state index is 12.7. The zero-order valence-electron chi connectivity index (χ0n) is 17.7. The van der Waals surface area contributed by atoms with Crippen LogP contribution in [0.15, 0.2) is 18.3 Å². The van der Waals surface area contributed by atoms with Crippen LogP contribution in [-0.2, 0) is 20.7 Å². The highest BCUT2D eigenvalue weighted by Crippen LogP contribution is 2.53. The van der Waals surface area contributed by atoms with Crippen LogP contribution < -0.4 is 11.1 Å². The van der Waals surface area contributed by atoms with E-state index in [1.807, 2.05) is 12.3 Å². The summed E-state index contributed by atoms with van der Waals surface area (Å²) in [7, 11) is 1.24. The Kier molecular flexibility index (Phi) is 4.97. The molecule has 0 bridgehead atoms. The van der Waals surface area contributed by atoms with E-state index in [1.54, 1.807) is 10.6 Å². The molecule has 4 N–H and O–H groups in total. The van der Waals surface area contributed by atoms with E-state index >= 15 is 0 Å². The second kappa shape index (κ2) is 7.56. The monoisotopic (exact) mass is 427 g/mol. The van der Waals surface area contributed by atoms with Crippen molar-refractivity contribution in [3.05, 3.63) is 29.7 Å². The molecule has 2 saturated carbocycles. The number of carbonyl (C=O) groups is 2. The van der Waals surface area contributed by atoms with Gasteiger partial charge in [-0.1, -0.05) is 0 Å². The van der Waals surface area contributed by atoms with Gasteiger partial charge < -0.3 is 20.9 Å². The lowest BCUT2D eigenvalue weighted by Gasteiger charge is -2.35. The zero-order chi connectivity index (χ0) is 21.8. The number of piperidine rings is 1. The highest BCUT2D eigenvalue weighted by Gasteiger charge is 2.51. The molecule has 0 aromatic carbocycles. The minimum atomic E-state index is -1.50. The number of aromatic nitrogens is 3. The number of esters is 1. The number of aliphatic hydroxyl groups excluding tert-OH is 1. The van der Waals surface area contributed by atoms with Gasteiger partial charge in [-0.15, -0.1) is 0 Å². The third-order valence-electron chi connectivity index (χ3n) is 7.06. The number of hydrogen-bond donors (Lipinski definition) is 3. The first-order chi connectivity index (χ1) is 14.9. The molecule has 9 nitrogen and oxygen atoms in total. The molecule has 3 atom stereocenters. The average Bonchev–Trinajstić information content (AvgIpc) is 3.69. The Hall–Kier alpha value is -2.52. The van der Waals surface area contributed by atoms with Crippen LogP contribution in [0.25, 0.3) is 5.65 Å².